The van der Waals surface area contributed by atoms with Crippen molar-refractivity contribution in [2.24, 2.45) is 7.05 Å². The number of para-hydroxylation sites is 2. The fraction of sp³-hybridized carbons (Fsp3) is 0.227. The summed E-state index contributed by atoms with van der Waals surface area (Å²) < 4.78 is 13.0. The van der Waals surface area contributed by atoms with Crippen LogP contribution in [0.5, 0.6) is 5.75 Å². The molecular formula is C22H22N4O3. The monoisotopic (exact) mass is 390 g/mol. The number of hydrogen-bond donors (Lipinski definition) is 1. The van der Waals surface area contributed by atoms with Crippen molar-refractivity contribution in [3.63, 3.8) is 0 Å². The number of hydrogen-bond acceptors (Lipinski definition) is 5. The molecule has 7 nitrogen and oxygen atoms in total. The number of amides is 1. The molecule has 2 heterocycles. The number of ether oxygens (including phenoxy) is 1. The fourth-order valence-electron chi connectivity index (χ4n) is 3.17. The number of aromatic nitrogens is 3. The van der Waals surface area contributed by atoms with Crippen LogP contribution in [-0.2, 0) is 13.7 Å². The molecule has 0 unspecified atom stereocenters. The second kappa shape index (κ2) is 7.43. The molecule has 0 atom stereocenters. The first-order chi connectivity index (χ1) is 13.9. The molecule has 0 saturated carbocycles. The Bertz CT molecular complexity index is 1210. The zero-order chi connectivity index (χ0) is 20.5. The Kier molecular flexibility index (Phi) is 4.80. The van der Waals surface area contributed by atoms with Crippen LogP contribution in [0.25, 0.3) is 11.0 Å². The highest BCUT2D eigenvalue weighted by Gasteiger charge is 2.22. The van der Waals surface area contributed by atoms with Gasteiger partial charge in [-0.1, -0.05) is 29.4 Å². The molecule has 148 valence electrons. The summed E-state index contributed by atoms with van der Waals surface area (Å²) in [6, 6.07) is 13.7. The lowest BCUT2D eigenvalue weighted by Crippen LogP contribution is -2.17. The number of imidazole rings is 1. The van der Waals surface area contributed by atoms with Crippen LogP contribution in [0.15, 0.2) is 47.0 Å². The van der Waals surface area contributed by atoms with Gasteiger partial charge in [-0.3, -0.25) is 10.1 Å². The summed E-state index contributed by atoms with van der Waals surface area (Å²) in [7, 11) is 1.85. The lowest BCUT2D eigenvalue weighted by molar-refractivity contribution is 0.101. The first kappa shape index (κ1) is 18.7. The molecule has 0 aliphatic carbocycles. The summed E-state index contributed by atoms with van der Waals surface area (Å²) in [4.78, 5) is 17.3. The van der Waals surface area contributed by atoms with Crippen molar-refractivity contribution >= 4 is 22.9 Å². The molecule has 2 aromatic carbocycles. The van der Waals surface area contributed by atoms with Crippen LogP contribution >= 0.6 is 0 Å². The van der Waals surface area contributed by atoms with Crippen LogP contribution in [0.2, 0.25) is 0 Å². The van der Waals surface area contributed by atoms with Gasteiger partial charge in [-0.15, -0.1) is 0 Å². The highest BCUT2D eigenvalue weighted by atomic mass is 16.5. The summed E-state index contributed by atoms with van der Waals surface area (Å²) in [5.74, 6) is 1.37. The van der Waals surface area contributed by atoms with E-state index in [1.54, 1.807) is 6.92 Å². The highest BCUT2D eigenvalue weighted by Crippen LogP contribution is 2.23. The van der Waals surface area contributed by atoms with Gasteiger partial charge in [-0.25, -0.2) is 4.98 Å². The third kappa shape index (κ3) is 3.59. The third-order valence-electron chi connectivity index (χ3n) is 4.93. The van der Waals surface area contributed by atoms with E-state index in [0.717, 1.165) is 27.9 Å². The van der Waals surface area contributed by atoms with Crippen LogP contribution in [0.3, 0.4) is 0 Å². The molecule has 2 aromatic heterocycles. The second-order valence-electron chi connectivity index (χ2n) is 7.06. The predicted molar refractivity (Wildman–Crippen MR) is 110 cm³/mol. The summed E-state index contributed by atoms with van der Waals surface area (Å²) in [6.07, 6.45) is 0. The summed E-state index contributed by atoms with van der Waals surface area (Å²) in [5, 5.41) is 6.77. The van der Waals surface area contributed by atoms with Crippen molar-refractivity contribution in [3.05, 3.63) is 70.6 Å². The summed E-state index contributed by atoms with van der Waals surface area (Å²) in [6.45, 7) is 5.94. The molecule has 1 N–H and O–H groups in total. The van der Waals surface area contributed by atoms with E-state index in [4.69, 9.17) is 9.26 Å². The van der Waals surface area contributed by atoms with Gasteiger partial charge < -0.3 is 13.8 Å². The van der Waals surface area contributed by atoms with E-state index in [-0.39, 0.29) is 18.2 Å². The molecule has 0 bridgehead atoms. The number of aryl methyl sites for hydroxylation is 4. The average molecular weight is 390 g/mol. The molecular weight excluding hydrogens is 368 g/mol. The summed E-state index contributed by atoms with van der Waals surface area (Å²) in [5.41, 5.74) is 4.67. The van der Waals surface area contributed by atoms with E-state index < -0.39 is 0 Å². The third-order valence-corrected chi connectivity index (χ3v) is 4.93. The second-order valence-corrected chi connectivity index (χ2v) is 7.06. The van der Waals surface area contributed by atoms with Gasteiger partial charge in [0.1, 0.15) is 18.1 Å². The first-order valence-electron chi connectivity index (χ1n) is 9.32. The number of nitrogens with zero attached hydrogens (tertiary/aromatic N) is 3. The van der Waals surface area contributed by atoms with Crippen LogP contribution in [-0.4, -0.2) is 20.6 Å². The minimum Gasteiger partial charge on any atom is -0.488 e. The normalized spacial score (nSPS) is 11.0. The van der Waals surface area contributed by atoms with Gasteiger partial charge in [0.15, 0.2) is 5.69 Å². The number of benzene rings is 2. The van der Waals surface area contributed by atoms with Crippen molar-refractivity contribution < 1.29 is 14.1 Å². The van der Waals surface area contributed by atoms with Crippen molar-refractivity contribution in [2.45, 2.75) is 27.4 Å². The maximum atomic E-state index is 12.9. The topological polar surface area (TPSA) is 82.2 Å². The molecule has 0 saturated heterocycles. The van der Waals surface area contributed by atoms with E-state index >= 15 is 0 Å². The molecule has 29 heavy (non-hydrogen) atoms. The standard InChI is InChI=1S/C22H22N4O3/c1-13-9-10-14(2)19(11-13)28-12-16-15(3)29-25-20(16)21(27)24-22-23-17-7-5-6-8-18(17)26(22)4/h5-11H,12H2,1-4H3,(H,23,24,27). The Labute approximate surface area is 168 Å². The maximum absolute atomic E-state index is 12.9. The Morgan fingerprint density at radius 3 is 2.76 bits per heavy atom. The van der Waals surface area contributed by atoms with Crippen LogP contribution in [0, 0.1) is 20.8 Å². The predicted octanol–water partition coefficient (Wildman–Crippen LogP) is 4.32. The van der Waals surface area contributed by atoms with Crippen LogP contribution < -0.4 is 10.1 Å². The zero-order valence-electron chi connectivity index (χ0n) is 16.8. The van der Waals surface area contributed by atoms with Crippen molar-refractivity contribution in [1.29, 1.82) is 0 Å². The Morgan fingerprint density at radius 1 is 1.17 bits per heavy atom. The largest absolute Gasteiger partial charge is 0.488 e. The number of nitrogens with one attached hydrogen (secondary N) is 1. The zero-order valence-corrected chi connectivity index (χ0v) is 16.8. The molecule has 0 fully saturated rings. The number of carbonyl (C=O) groups excluding carboxylic acids is 1. The first-order valence-corrected chi connectivity index (χ1v) is 9.32. The van der Waals surface area contributed by atoms with E-state index in [2.05, 4.69) is 15.5 Å². The Morgan fingerprint density at radius 2 is 1.97 bits per heavy atom. The molecule has 4 aromatic rings. The van der Waals surface area contributed by atoms with Crippen LogP contribution in [0.1, 0.15) is 32.9 Å². The van der Waals surface area contributed by atoms with E-state index in [9.17, 15) is 4.79 Å². The van der Waals surface area contributed by atoms with Crippen LogP contribution in [0.4, 0.5) is 5.95 Å². The molecule has 0 radical (unpaired) electrons. The maximum Gasteiger partial charge on any atom is 0.280 e. The summed E-state index contributed by atoms with van der Waals surface area (Å²) >= 11 is 0. The average Bonchev–Trinajstić information content (AvgIpc) is 3.23. The minimum atomic E-state index is -0.389. The van der Waals surface area contributed by atoms with Gasteiger partial charge in [-0.05, 0) is 50.1 Å². The van der Waals surface area contributed by atoms with Gasteiger partial charge in [0.25, 0.3) is 5.91 Å². The smallest absolute Gasteiger partial charge is 0.280 e. The number of rotatable bonds is 5. The lowest BCUT2D eigenvalue weighted by atomic mass is 10.1. The SMILES string of the molecule is Cc1ccc(C)c(OCc2c(C(=O)Nc3nc4ccccc4n3C)noc2C)c1. The molecule has 1 amide bonds. The van der Waals surface area contributed by atoms with Crippen molar-refractivity contribution in [2.75, 3.05) is 5.32 Å². The Hall–Kier alpha value is -3.61. The Balaban J connectivity index is 1.56. The lowest BCUT2D eigenvalue weighted by Gasteiger charge is -2.10. The van der Waals surface area contributed by atoms with E-state index in [1.165, 1.54) is 0 Å². The number of anilines is 1. The minimum absolute atomic E-state index is 0.185. The van der Waals surface area contributed by atoms with Gasteiger partial charge in [0, 0.05) is 7.05 Å². The van der Waals surface area contributed by atoms with E-state index in [1.807, 2.05) is 67.9 Å². The molecule has 0 aliphatic rings. The van der Waals surface area contributed by atoms with Crippen molar-refractivity contribution in [3.8, 4) is 5.75 Å². The van der Waals surface area contributed by atoms with Gasteiger partial charge in [-0.2, -0.15) is 0 Å². The van der Waals surface area contributed by atoms with Gasteiger partial charge in [0.05, 0.1) is 16.6 Å². The quantitative estimate of drug-likeness (QED) is 0.549. The van der Waals surface area contributed by atoms with Gasteiger partial charge in [0.2, 0.25) is 5.95 Å². The molecule has 0 aliphatic heterocycles. The number of carbonyl (C=O) groups is 1. The fourth-order valence-corrected chi connectivity index (χ4v) is 3.17. The highest BCUT2D eigenvalue weighted by molar-refractivity contribution is 6.03. The molecule has 4 rings (SSSR count). The van der Waals surface area contributed by atoms with E-state index in [0.29, 0.717) is 17.3 Å². The molecule has 7 heteroatoms. The van der Waals surface area contributed by atoms with Crippen molar-refractivity contribution in [1.82, 2.24) is 14.7 Å². The number of fused-ring (bicyclic) bond motifs is 1. The van der Waals surface area contributed by atoms with Gasteiger partial charge >= 0.3 is 0 Å². The molecule has 0 spiro atoms.